The number of benzene rings is 2. The maximum absolute atomic E-state index is 3.31. The Balaban J connectivity index is 1.95. The molecule has 0 atom stereocenters. The van der Waals surface area contributed by atoms with Crippen molar-refractivity contribution in [3.63, 3.8) is 0 Å². The Hall–Kier alpha value is -1.47. The molecule has 0 saturated heterocycles. The predicted octanol–water partition coefficient (Wildman–Crippen LogP) is 4.18. The number of fused-ring (bicyclic) bond motifs is 1. The Morgan fingerprint density at radius 3 is 2.75 bits per heavy atom. The minimum atomic E-state index is 1.02. The Morgan fingerprint density at radius 1 is 1.00 bits per heavy atom. The average molecular weight is 223 g/mol. The summed E-state index contributed by atoms with van der Waals surface area (Å²) in [6, 6.07) is 20.1. The SMILES string of the molecule is [c]1cccc2c1SC(c1ccccc1)=CC2. The monoisotopic (exact) mass is 223 g/mol. The normalized spacial score (nSPS) is 14.1. The van der Waals surface area contributed by atoms with E-state index in [1.54, 1.807) is 0 Å². The van der Waals surface area contributed by atoms with Gasteiger partial charge in [0.05, 0.1) is 0 Å². The molecule has 1 heterocycles. The molecule has 77 valence electrons. The van der Waals surface area contributed by atoms with Crippen molar-refractivity contribution < 1.29 is 0 Å². The lowest BCUT2D eigenvalue weighted by Gasteiger charge is -2.15. The molecule has 1 aliphatic rings. The third-order valence-corrected chi connectivity index (χ3v) is 3.88. The van der Waals surface area contributed by atoms with Crippen LogP contribution in [0.15, 0.2) is 59.5 Å². The number of hydrogen-bond acceptors (Lipinski definition) is 1. The number of thioether (sulfide) groups is 1. The van der Waals surface area contributed by atoms with E-state index in [-0.39, 0.29) is 0 Å². The highest BCUT2D eigenvalue weighted by Crippen LogP contribution is 2.39. The van der Waals surface area contributed by atoms with Crippen molar-refractivity contribution in [3.8, 4) is 0 Å². The molecule has 0 nitrogen and oxygen atoms in total. The highest BCUT2D eigenvalue weighted by atomic mass is 32.2. The molecule has 3 rings (SSSR count). The second-order valence-corrected chi connectivity index (χ2v) is 4.82. The summed E-state index contributed by atoms with van der Waals surface area (Å²) >= 11 is 1.82. The molecule has 0 N–H and O–H groups in total. The summed E-state index contributed by atoms with van der Waals surface area (Å²) in [4.78, 5) is 2.61. The lowest BCUT2D eigenvalue weighted by Crippen LogP contribution is -1.93. The summed E-state index contributed by atoms with van der Waals surface area (Å²) in [5.74, 6) is 0. The fraction of sp³-hybridized carbons (Fsp3) is 0.0667. The van der Waals surface area contributed by atoms with E-state index in [9.17, 15) is 0 Å². The van der Waals surface area contributed by atoms with Gasteiger partial charge in [0.2, 0.25) is 0 Å². The van der Waals surface area contributed by atoms with E-state index in [1.807, 2.05) is 17.8 Å². The number of hydrogen-bond donors (Lipinski definition) is 0. The molecule has 16 heavy (non-hydrogen) atoms. The van der Waals surface area contributed by atoms with Crippen LogP contribution < -0.4 is 0 Å². The van der Waals surface area contributed by atoms with Crippen molar-refractivity contribution in [2.75, 3.05) is 0 Å². The van der Waals surface area contributed by atoms with Gasteiger partial charge in [-0.3, -0.25) is 0 Å². The van der Waals surface area contributed by atoms with Gasteiger partial charge in [-0.15, -0.1) is 0 Å². The molecular weight excluding hydrogens is 212 g/mol. The van der Waals surface area contributed by atoms with Gasteiger partial charge in [-0.1, -0.05) is 66.4 Å². The van der Waals surface area contributed by atoms with Crippen molar-refractivity contribution in [3.05, 3.63) is 71.8 Å². The first-order valence-electron chi connectivity index (χ1n) is 5.36. The van der Waals surface area contributed by atoms with E-state index in [4.69, 9.17) is 0 Å². The van der Waals surface area contributed by atoms with Crippen LogP contribution >= 0.6 is 11.8 Å². The molecule has 1 heteroatoms. The fourth-order valence-electron chi connectivity index (χ4n) is 1.85. The van der Waals surface area contributed by atoms with Gasteiger partial charge in [0.15, 0.2) is 0 Å². The standard InChI is InChI=1S/C15H11S/c1-2-6-12(7-3-1)15-11-10-13-8-4-5-9-14(13)16-15/h1-8,11H,10H2. The lowest BCUT2D eigenvalue weighted by molar-refractivity contribution is 1.17. The largest absolute Gasteiger partial charge is 0.0888 e. The summed E-state index contributed by atoms with van der Waals surface area (Å²) in [7, 11) is 0. The Labute approximate surface area is 100 Å². The third-order valence-electron chi connectivity index (χ3n) is 2.68. The van der Waals surface area contributed by atoms with E-state index < -0.39 is 0 Å². The zero-order valence-corrected chi connectivity index (χ0v) is 9.63. The van der Waals surface area contributed by atoms with Gasteiger partial charge in [0.1, 0.15) is 0 Å². The first-order valence-corrected chi connectivity index (χ1v) is 6.18. The van der Waals surface area contributed by atoms with Gasteiger partial charge in [-0.2, -0.15) is 0 Å². The summed E-state index contributed by atoms with van der Waals surface area (Å²) in [6.07, 6.45) is 3.32. The summed E-state index contributed by atoms with van der Waals surface area (Å²) in [6.45, 7) is 0. The molecule has 1 radical (unpaired) electrons. The van der Waals surface area contributed by atoms with E-state index in [2.05, 4.69) is 54.6 Å². The van der Waals surface area contributed by atoms with Gasteiger partial charge in [-0.25, -0.2) is 0 Å². The van der Waals surface area contributed by atoms with Crippen molar-refractivity contribution in [2.24, 2.45) is 0 Å². The fourth-order valence-corrected chi connectivity index (χ4v) is 2.90. The minimum absolute atomic E-state index is 1.02. The van der Waals surface area contributed by atoms with Crippen molar-refractivity contribution in [1.82, 2.24) is 0 Å². The highest BCUT2D eigenvalue weighted by Gasteiger charge is 2.12. The molecule has 0 saturated carbocycles. The second-order valence-electron chi connectivity index (χ2n) is 3.77. The minimum Gasteiger partial charge on any atom is -0.0888 e. The van der Waals surface area contributed by atoms with Gasteiger partial charge in [0, 0.05) is 9.80 Å². The molecule has 0 aliphatic carbocycles. The average Bonchev–Trinajstić information content (AvgIpc) is 2.39. The van der Waals surface area contributed by atoms with Gasteiger partial charge >= 0.3 is 0 Å². The Morgan fingerprint density at radius 2 is 1.88 bits per heavy atom. The first-order chi connectivity index (χ1) is 7.93. The molecule has 0 bridgehead atoms. The van der Waals surface area contributed by atoms with E-state index in [0.29, 0.717) is 0 Å². The summed E-state index contributed by atoms with van der Waals surface area (Å²) < 4.78 is 0. The third kappa shape index (κ3) is 1.79. The second kappa shape index (κ2) is 4.18. The number of rotatable bonds is 1. The Kier molecular flexibility index (Phi) is 2.55. The molecule has 2 aromatic carbocycles. The molecule has 0 unspecified atom stereocenters. The zero-order chi connectivity index (χ0) is 10.8. The molecule has 0 fully saturated rings. The first kappa shape index (κ1) is 9.73. The quantitative estimate of drug-likeness (QED) is 0.699. The van der Waals surface area contributed by atoms with Crippen LogP contribution in [0.1, 0.15) is 11.1 Å². The Bertz CT molecular complexity index is 526. The number of allylic oxidation sites excluding steroid dienone is 1. The topological polar surface area (TPSA) is 0 Å². The molecule has 0 aromatic heterocycles. The lowest BCUT2D eigenvalue weighted by atomic mass is 10.1. The molecule has 0 amide bonds. The molecule has 2 aromatic rings. The van der Waals surface area contributed by atoms with Crippen LogP contribution in [0, 0.1) is 6.07 Å². The van der Waals surface area contributed by atoms with Gasteiger partial charge < -0.3 is 0 Å². The zero-order valence-electron chi connectivity index (χ0n) is 8.81. The van der Waals surface area contributed by atoms with Crippen molar-refractivity contribution >= 4 is 16.7 Å². The highest BCUT2D eigenvalue weighted by molar-refractivity contribution is 8.08. The van der Waals surface area contributed by atoms with E-state index >= 15 is 0 Å². The van der Waals surface area contributed by atoms with Crippen LogP contribution in [-0.4, -0.2) is 0 Å². The summed E-state index contributed by atoms with van der Waals surface area (Å²) in [5, 5.41) is 0. The van der Waals surface area contributed by atoms with E-state index in [0.717, 1.165) is 6.42 Å². The molecule has 1 aliphatic heterocycles. The molecular formula is C15H11S. The predicted molar refractivity (Wildman–Crippen MR) is 69.3 cm³/mol. The van der Waals surface area contributed by atoms with E-state index in [1.165, 1.54) is 20.9 Å². The van der Waals surface area contributed by atoms with Gasteiger partial charge in [0.25, 0.3) is 0 Å². The van der Waals surface area contributed by atoms with Crippen LogP contribution in [0.5, 0.6) is 0 Å². The van der Waals surface area contributed by atoms with Crippen LogP contribution in [0.3, 0.4) is 0 Å². The summed E-state index contributed by atoms with van der Waals surface area (Å²) in [5.41, 5.74) is 2.68. The maximum atomic E-state index is 3.31. The smallest absolute Gasteiger partial charge is 0.0236 e. The van der Waals surface area contributed by atoms with Crippen LogP contribution in [0.2, 0.25) is 0 Å². The maximum Gasteiger partial charge on any atom is 0.0236 e. The van der Waals surface area contributed by atoms with Crippen molar-refractivity contribution in [2.45, 2.75) is 11.3 Å². The van der Waals surface area contributed by atoms with Crippen LogP contribution in [-0.2, 0) is 6.42 Å². The van der Waals surface area contributed by atoms with Crippen LogP contribution in [0.25, 0.3) is 4.91 Å². The molecule has 0 spiro atoms. The van der Waals surface area contributed by atoms with Crippen molar-refractivity contribution in [1.29, 1.82) is 0 Å². The van der Waals surface area contributed by atoms with Crippen LogP contribution in [0.4, 0.5) is 0 Å². The van der Waals surface area contributed by atoms with Gasteiger partial charge in [-0.05, 0) is 23.6 Å².